The Morgan fingerprint density at radius 2 is 1.77 bits per heavy atom. The van der Waals surface area contributed by atoms with E-state index in [9.17, 15) is 14.4 Å². The van der Waals surface area contributed by atoms with E-state index < -0.39 is 0 Å². The molecule has 9 heteroatoms. The van der Waals surface area contributed by atoms with E-state index in [4.69, 9.17) is 9.47 Å². The quantitative estimate of drug-likeness (QED) is 0.329. The number of carbonyl (C=O) groups is 3. The van der Waals surface area contributed by atoms with E-state index in [0.29, 0.717) is 41.5 Å². The Labute approximate surface area is 210 Å². The largest absolute Gasteiger partial charge is 0.497 e. The van der Waals surface area contributed by atoms with Crippen LogP contribution in [0.25, 0.3) is 0 Å². The first kappa shape index (κ1) is 26.3. The molecule has 2 aromatic rings. The lowest BCUT2D eigenvalue weighted by atomic mass is 10.1. The smallest absolute Gasteiger partial charge is 0.278 e. The first-order valence-corrected chi connectivity index (χ1v) is 12.2. The highest BCUT2D eigenvalue weighted by molar-refractivity contribution is 8.04. The van der Waals surface area contributed by atoms with Crippen LogP contribution in [0.15, 0.2) is 64.0 Å². The molecule has 35 heavy (non-hydrogen) atoms. The summed E-state index contributed by atoms with van der Waals surface area (Å²) in [6.07, 6.45) is 0.959. The maximum Gasteiger partial charge on any atom is 0.278 e. The highest BCUT2D eigenvalue weighted by atomic mass is 32.2. The normalized spacial score (nSPS) is 13.6. The van der Waals surface area contributed by atoms with Gasteiger partial charge in [0.1, 0.15) is 16.4 Å². The van der Waals surface area contributed by atoms with Crippen molar-refractivity contribution in [1.82, 2.24) is 4.90 Å². The second-order valence-electron chi connectivity index (χ2n) is 8.44. The maximum absolute atomic E-state index is 13.3. The minimum Gasteiger partial charge on any atom is -0.497 e. The molecule has 2 N–H and O–H groups in total. The van der Waals surface area contributed by atoms with Crippen LogP contribution in [0.3, 0.4) is 0 Å². The van der Waals surface area contributed by atoms with Gasteiger partial charge in [0.2, 0.25) is 5.91 Å². The second-order valence-corrected chi connectivity index (χ2v) is 9.53. The number of imide groups is 1. The highest BCUT2D eigenvalue weighted by Gasteiger charge is 2.38. The third-order valence-corrected chi connectivity index (χ3v) is 6.22. The number of hydrogen-bond donors (Lipinski definition) is 2. The summed E-state index contributed by atoms with van der Waals surface area (Å²) in [6, 6.07) is 14.4. The fourth-order valence-electron chi connectivity index (χ4n) is 3.49. The third-order valence-electron chi connectivity index (χ3n) is 5.15. The van der Waals surface area contributed by atoms with E-state index in [1.165, 1.54) is 16.7 Å². The van der Waals surface area contributed by atoms with Crippen molar-refractivity contribution in [3.63, 3.8) is 0 Å². The van der Waals surface area contributed by atoms with E-state index in [1.807, 2.05) is 26.0 Å². The van der Waals surface area contributed by atoms with Gasteiger partial charge in [-0.3, -0.25) is 19.3 Å². The lowest BCUT2D eigenvalue weighted by molar-refractivity contribution is -0.137. The number of benzene rings is 2. The van der Waals surface area contributed by atoms with Gasteiger partial charge in [-0.25, -0.2) is 0 Å². The molecule has 186 valence electrons. The Hall–Kier alpha value is -3.30. The van der Waals surface area contributed by atoms with Crippen molar-refractivity contribution in [2.75, 3.05) is 38.0 Å². The first-order valence-electron chi connectivity index (χ1n) is 11.4. The molecule has 0 unspecified atom stereocenters. The molecule has 2 aromatic carbocycles. The number of amides is 3. The van der Waals surface area contributed by atoms with Crippen LogP contribution < -0.4 is 15.4 Å². The van der Waals surface area contributed by atoms with Crippen LogP contribution in [0.2, 0.25) is 0 Å². The van der Waals surface area contributed by atoms with E-state index >= 15 is 0 Å². The Balaban J connectivity index is 1.86. The summed E-state index contributed by atoms with van der Waals surface area (Å²) in [7, 11) is 3.16. The van der Waals surface area contributed by atoms with Gasteiger partial charge in [-0.15, -0.1) is 0 Å². The van der Waals surface area contributed by atoms with Gasteiger partial charge in [0, 0.05) is 43.0 Å². The van der Waals surface area contributed by atoms with Crippen molar-refractivity contribution < 1.29 is 23.9 Å². The lowest BCUT2D eigenvalue weighted by Gasteiger charge is -2.14. The average Bonchev–Trinajstić information content (AvgIpc) is 3.03. The molecule has 0 atom stereocenters. The molecule has 1 aliphatic rings. The van der Waals surface area contributed by atoms with Gasteiger partial charge in [0.15, 0.2) is 0 Å². The zero-order chi connectivity index (χ0) is 25.4. The third kappa shape index (κ3) is 7.10. The zero-order valence-electron chi connectivity index (χ0n) is 20.4. The summed E-state index contributed by atoms with van der Waals surface area (Å²) in [6.45, 7) is 4.67. The number of hydrogen-bond acceptors (Lipinski definition) is 7. The van der Waals surface area contributed by atoms with Crippen molar-refractivity contribution >= 4 is 40.9 Å². The summed E-state index contributed by atoms with van der Waals surface area (Å²) in [5, 5.41) is 6.01. The minimum absolute atomic E-state index is 0.0698. The van der Waals surface area contributed by atoms with Crippen LogP contribution in [0.1, 0.15) is 26.7 Å². The Morgan fingerprint density at radius 1 is 1.03 bits per heavy atom. The van der Waals surface area contributed by atoms with Crippen LogP contribution in [-0.4, -0.2) is 50.0 Å². The van der Waals surface area contributed by atoms with E-state index in [0.717, 1.165) is 4.90 Å². The van der Waals surface area contributed by atoms with E-state index in [-0.39, 0.29) is 35.9 Å². The Kier molecular flexibility index (Phi) is 9.33. The number of nitrogens with zero attached hydrogens (tertiary/aromatic N) is 1. The van der Waals surface area contributed by atoms with Crippen LogP contribution in [0, 0.1) is 5.92 Å². The summed E-state index contributed by atoms with van der Waals surface area (Å²) in [5.74, 6) is 0.118. The van der Waals surface area contributed by atoms with Gasteiger partial charge in [-0.05, 0) is 54.8 Å². The van der Waals surface area contributed by atoms with Gasteiger partial charge >= 0.3 is 0 Å². The fraction of sp³-hybridized carbons (Fsp3) is 0.346. The van der Waals surface area contributed by atoms with Crippen molar-refractivity contribution in [2.24, 2.45) is 5.92 Å². The number of rotatable bonds is 12. The van der Waals surface area contributed by atoms with Crippen LogP contribution >= 0.6 is 11.8 Å². The SMILES string of the molecule is COCCCN1C(=O)C(Nc2ccc(OC)cc2)=C(Sc2cccc(NC(=O)CC(C)C)c2)C1=O. The fourth-order valence-corrected chi connectivity index (χ4v) is 4.49. The molecule has 0 radical (unpaired) electrons. The standard InChI is InChI=1S/C26H31N3O5S/c1-17(2)15-22(30)27-19-7-5-8-21(16-19)35-24-23(28-18-9-11-20(34-4)12-10-18)25(31)29(26(24)32)13-6-14-33-3/h5,7-12,16-17,28H,6,13-15H2,1-4H3,(H,27,30). The second kappa shape index (κ2) is 12.4. The summed E-state index contributed by atoms with van der Waals surface area (Å²) < 4.78 is 10.3. The molecule has 0 saturated carbocycles. The molecule has 3 rings (SSSR count). The molecule has 0 fully saturated rings. The molecule has 3 amide bonds. The van der Waals surface area contributed by atoms with Gasteiger partial charge in [-0.2, -0.15) is 0 Å². The summed E-state index contributed by atoms with van der Waals surface area (Å²) in [4.78, 5) is 40.9. The Bertz CT molecular complexity index is 1100. The van der Waals surface area contributed by atoms with Gasteiger partial charge < -0.3 is 20.1 Å². The highest BCUT2D eigenvalue weighted by Crippen LogP contribution is 2.37. The van der Waals surface area contributed by atoms with Crippen molar-refractivity contribution in [2.45, 2.75) is 31.6 Å². The number of nitrogens with one attached hydrogen (secondary N) is 2. The summed E-state index contributed by atoms with van der Waals surface area (Å²) >= 11 is 1.19. The van der Waals surface area contributed by atoms with E-state index in [2.05, 4.69) is 10.6 Å². The maximum atomic E-state index is 13.3. The minimum atomic E-state index is -0.384. The monoisotopic (exact) mass is 497 g/mol. The molecule has 8 nitrogen and oxygen atoms in total. The molecular weight excluding hydrogens is 466 g/mol. The van der Waals surface area contributed by atoms with E-state index in [1.54, 1.807) is 50.6 Å². The molecule has 0 spiro atoms. The number of anilines is 2. The van der Waals surface area contributed by atoms with Gasteiger partial charge in [0.25, 0.3) is 11.8 Å². The predicted octanol–water partition coefficient (Wildman–Crippen LogP) is 4.50. The van der Waals surface area contributed by atoms with Crippen LogP contribution in [0.4, 0.5) is 11.4 Å². The van der Waals surface area contributed by atoms with Gasteiger partial charge in [-0.1, -0.05) is 31.7 Å². The number of thioether (sulfide) groups is 1. The van der Waals surface area contributed by atoms with Crippen LogP contribution in [0.5, 0.6) is 5.75 Å². The van der Waals surface area contributed by atoms with Gasteiger partial charge in [0.05, 0.1) is 7.11 Å². The van der Waals surface area contributed by atoms with Crippen molar-refractivity contribution in [3.05, 3.63) is 59.1 Å². The van der Waals surface area contributed by atoms with Crippen LogP contribution in [-0.2, 0) is 19.1 Å². The molecule has 0 bridgehead atoms. The molecule has 0 aromatic heterocycles. The number of ether oxygens (including phenoxy) is 2. The Morgan fingerprint density at radius 3 is 2.43 bits per heavy atom. The topological polar surface area (TPSA) is 97.0 Å². The van der Waals surface area contributed by atoms with Crippen molar-refractivity contribution in [3.8, 4) is 5.75 Å². The number of carbonyl (C=O) groups excluding carboxylic acids is 3. The number of methoxy groups -OCH3 is 2. The predicted molar refractivity (Wildman–Crippen MR) is 137 cm³/mol. The molecule has 0 saturated heterocycles. The average molecular weight is 498 g/mol. The van der Waals surface area contributed by atoms with Crippen molar-refractivity contribution in [1.29, 1.82) is 0 Å². The molecule has 1 heterocycles. The summed E-state index contributed by atoms with van der Waals surface area (Å²) in [5.41, 5.74) is 1.52. The molecular formula is C26H31N3O5S. The first-order chi connectivity index (χ1) is 16.8. The lowest BCUT2D eigenvalue weighted by Crippen LogP contribution is -2.33. The molecule has 1 aliphatic heterocycles. The molecule has 0 aliphatic carbocycles. The zero-order valence-corrected chi connectivity index (χ0v) is 21.2.